The van der Waals surface area contributed by atoms with Gasteiger partial charge in [-0.05, 0) is 56.2 Å². The van der Waals surface area contributed by atoms with Crippen LogP contribution in [0.4, 0.5) is 0 Å². The first-order valence-electron chi connectivity index (χ1n) is 8.41. The predicted octanol–water partition coefficient (Wildman–Crippen LogP) is 5.55. The topological polar surface area (TPSA) is 18.5 Å². The molecule has 0 bridgehead atoms. The number of ether oxygens (including phenoxy) is 2. The van der Waals surface area contributed by atoms with Crippen LogP contribution >= 0.6 is 0 Å². The molecule has 0 saturated carbocycles. The fourth-order valence-electron chi connectivity index (χ4n) is 2.75. The van der Waals surface area contributed by atoms with Crippen LogP contribution in [0.3, 0.4) is 0 Å². The largest absolute Gasteiger partial charge is 0.490 e. The van der Waals surface area contributed by atoms with Crippen molar-refractivity contribution in [2.24, 2.45) is 5.41 Å². The van der Waals surface area contributed by atoms with Crippen LogP contribution in [-0.2, 0) is 6.42 Å². The number of hydrogen-bond acceptors (Lipinski definition) is 2. The van der Waals surface area contributed by atoms with Gasteiger partial charge in [-0.2, -0.15) is 0 Å². The Kier molecular flexibility index (Phi) is 5.55. The van der Waals surface area contributed by atoms with E-state index in [2.05, 4.69) is 46.8 Å². The lowest BCUT2D eigenvalue weighted by Gasteiger charge is -2.17. The lowest BCUT2D eigenvalue weighted by atomic mass is 9.89. The lowest BCUT2D eigenvalue weighted by molar-refractivity contribution is 0.253. The van der Waals surface area contributed by atoms with E-state index in [0.717, 1.165) is 24.3 Å². The molecule has 1 aliphatic heterocycles. The highest BCUT2D eigenvalue weighted by Gasteiger charge is 2.19. The highest BCUT2D eigenvalue weighted by atomic mass is 16.5. The van der Waals surface area contributed by atoms with Crippen molar-refractivity contribution in [3.8, 4) is 11.5 Å². The first kappa shape index (κ1) is 16.9. The molecule has 22 heavy (non-hydrogen) atoms. The SMILES string of the molecule is C/C(=C\COc1ccc2c(c1)OC(C)C2)CCCC(C)(C)C. The van der Waals surface area contributed by atoms with Crippen molar-refractivity contribution in [1.29, 1.82) is 0 Å². The average Bonchev–Trinajstić information content (AvgIpc) is 2.76. The second-order valence-electron chi connectivity index (χ2n) is 7.68. The summed E-state index contributed by atoms with van der Waals surface area (Å²) in [7, 11) is 0. The number of fused-ring (bicyclic) bond motifs is 1. The molecule has 0 amide bonds. The molecule has 1 aliphatic rings. The van der Waals surface area contributed by atoms with E-state index in [1.54, 1.807) is 0 Å². The van der Waals surface area contributed by atoms with E-state index in [1.165, 1.54) is 24.0 Å². The zero-order valence-corrected chi connectivity index (χ0v) is 14.7. The van der Waals surface area contributed by atoms with Crippen molar-refractivity contribution in [3.63, 3.8) is 0 Å². The van der Waals surface area contributed by atoms with Crippen molar-refractivity contribution in [1.82, 2.24) is 0 Å². The summed E-state index contributed by atoms with van der Waals surface area (Å²) >= 11 is 0. The van der Waals surface area contributed by atoms with E-state index >= 15 is 0 Å². The molecular formula is C20H30O2. The van der Waals surface area contributed by atoms with E-state index in [4.69, 9.17) is 9.47 Å². The van der Waals surface area contributed by atoms with Gasteiger partial charge < -0.3 is 9.47 Å². The molecular weight excluding hydrogens is 272 g/mol. The summed E-state index contributed by atoms with van der Waals surface area (Å²) in [6, 6.07) is 6.18. The van der Waals surface area contributed by atoms with Crippen molar-refractivity contribution >= 4 is 0 Å². The Morgan fingerprint density at radius 1 is 1.36 bits per heavy atom. The molecule has 1 unspecified atom stereocenters. The van der Waals surface area contributed by atoms with Gasteiger partial charge in [0.05, 0.1) is 0 Å². The molecule has 0 aliphatic carbocycles. The molecule has 1 aromatic carbocycles. The number of allylic oxidation sites excluding steroid dienone is 1. The Labute approximate surface area is 135 Å². The third-order valence-electron chi connectivity index (χ3n) is 4.05. The highest BCUT2D eigenvalue weighted by molar-refractivity contribution is 5.43. The van der Waals surface area contributed by atoms with Gasteiger partial charge in [0.15, 0.2) is 0 Å². The van der Waals surface area contributed by atoms with Gasteiger partial charge in [-0.15, -0.1) is 0 Å². The van der Waals surface area contributed by atoms with Crippen molar-refractivity contribution in [2.75, 3.05) is 6.61 Å². The van der Waals surface area contributed by atoms with E-state index in [0.29, 0.717) is 12.0 Å². The van der Waals surface area contributed by atoms with Crippen molar-refractivity contribution < 1.29 is 9.47 Å². The highest BCUT2D eigenvalue weighted by Crippen LogP contribution is 2.32. The second-order valence-corrected chi connectivity index (χ2v) is 7.68. The minimum Gasteiger partial charge on any atom is -0.490 e. The van der Waals surface area contributed by atoms with Gasteiger partial charge in [-0.1, -0.05) is 32.4 Å². The second kappa shape index (κ2) is 7.21. The molecule has 2 nitrogen and oxygen atoms in total. The molecule has 1 aromatic rings. The standard InChI is InChI=1S/C20H30O2/c1-15(7-6-11-20(3,4)5)10-12-21-18-9-8-17-13-16(2)22-19(17)14-18/h8-10,14,16H,6-7,11-13H2,1-5H3/b15-10+. The van der Waals surface area contributed by atoms with Crippen LogP contribution in [-0.4, -0.2) is 12.7 Å². The molecule has 1 heterocycles. The van der Waals surface area contributed by atoms with Gasteiger partial charge >= 0.3 is 0 Å². The Hall–Kier alpha value is -1.44. The summed E-state index contributed by atoms with van der Waals surface area (Å²) in [5, 5.41) is 0. The average molecular weight is 302 g/mol. The van der Waals surface area contributed by atoms with Gasteiger partial charge in [0.2, 0.25) is 0 Å². The minimum atomic E-state index is 0.287. The first-order chi connectivity index (χ1) is 10.3. The van der Waals surface area contributed by atoms with E-state index in [1.807, 2.05) is 12.1 Å². The van der Waals surface area contributed by atoms with Crippen LogP contribution in [0.5, 0.6) is 11.5 Å². The van der Waals surface area contributed by atoms with Gasteiger partial charge in [0.25, 0.3) is 0 Å². The quantitative estimate of drug-likeness (QED) is 0.641. The molecule has 0 N–H and O–H groups in total. The Morgan fingerprint density at radius 2 is 2.14 bits per heavy atom. The van der Waals surface area contributed by atoms with E-state index in [-0.39, 0.29) is 6.10 Å². The molecule has 0 aromatic heterocycles. The molecule has 0 radical (unpaired) electrons. The Morgan fingerprint density at radius 3 is 2.86 bits per heavy atom. The molecule has 1 atom stereocenters. The van der Waals surface area contributed by atoms with Crippen LogP contribution < -0.4 is 9.47 Å². The molecule has 0 saturated heterocycles. The number of rotatable bonds is 6. The monoisotopic (exact) mass is 302 g/mol. The zero-order chi connectivity index (χ0) is 16.2. The Balaban J connectivity index is 1.76. The Bertz CT molecular complexity index is 523. The van der Waals surface area contributed by atoms with E-state index in [9.17, 15) is 0 Å². The normalized spacial score (nSPS) is 18.0. The molecule has 2 rings (SSSR count). The summed E-state index contributed by atoms with van der Waals surface area (Å²) < 4.78 is 11.6. The summed E-state index contributed by atoms with van der Waals surface area (Å²) in [6.45, 7) is 11.8. The van der Waals surface area contributed by atoms with Gasteiger partial charge in [-0.3, -0.25) is 0 Å². The minimum absolute atomic E-state index is 0.287. The van der Waals surface area contributed by atoms with Crippen LogP contribution in [0.2, 0.25) is 0 Å². The van der Waals surface area contributed by atoms with Crippen LogP contribution in [0.25, 0.3) is 0 Å². The number of benzene rings is 1. The lowest BCUT2D eigenvalue weighted by Crippen LogP contribution is -2.05. The maximum atomic E-state index is 5.83. The third-order valence-corrected chi connectivity index (χ3v) is 4.05. The van der Waals surface area contributed by atoms with Gasteiger partial charge in [0, 0.05) is 12.5 Å². The summed E-state index contributed by atoms with van der Waals surface area (Å²) in [5.41, 5.74) is 3.13. The molecule has 0 fully saturated rings. The maximum Gasteiger partial charge on any atom is 0.126 e. The molecule has 0 spiro atoms. The third kappa shape index (κ3) is 5.40. The summed E-state index contributed by atoms with van der Waals surface area (Å²) in [5.74, 6) is 1.88. The summed E-state index contributed by atoms with van der Waals surface area (Å²) in [4.78, 5) is 0. The zero-order valence-electron chi connectivity index (χ0n) is 14.7. The van der Waals surface area contributed by atoms with Crippen molar-refractivity contribution in [3.05, 3.63) is 35.4 Å². The van der Waals surface area contributed by atoms with Crippen molar-refractivity contribution in [2.45, 2.75) is 66.4 Å². The smallest absolute Gasteiger partial charge is 0.126 e. The fourth-order valence-corrected chi connectivity index (χ4v) is 2.75. The predicted molar refractivity (Wildman–Crippen MR) is 92.8 cm³/mol. The van der Waals surface area contributed by atoms with Crippen LogP contribution in [0, 0.1) is 5.41 Å². The van der Waals surface area contributed by atoms with E-state index < -0.39 is 0 Å². The maximum absolute atomic E-state index is 5.83. The molecule has 122 valence electrons. The number of hydrogen-bond donors (Lipinski definition) is 0. The first-order valence-corrected chi connectivity index (χ1v) is 8.41. The van der Waals surface area contributed by atoms with Gasteiger partial charge in [0.1, 0.15) is 24.2 Å². The fraction of sp³-hybridized carbons (Fsp3) is 0.600. The summed E-state index contributed by atoms with van der Waals surface area (Å²) in [6.07, 6.45) is 7.15. The van der Waals surface area contributed by atoms with Gasteiger partial charge in [-0.25, -0.2) is 0 Å². The van der Waals surface area contributed by atoms with Crippen LogP contribution in [0.1, 0.15) is 59.4 Å². The van der Waals surface area contributed by atoms with Crippen LogP contribution in [0.15, 0.2) is 29.8 Å². The molecule has 2 heteroatoms.